The summed E-state index contributed by atoms with van der Waals surface area (Å²) < 4.78 is 0. The zero-order chi connectivity index (χ0) is 11.3. The van der Waals surface area contributed by atoms with Crippen molar-refractivity contribution in [1.29, 1.82) is 0 Å². The number of hydrogen-bond acceptors (Lipinski definition) is 2. The lowest BCUT2D eigenvalue weighted by Gasteiger charge is -2.28. The van der Waals surface area contributed by atoms with E-state index in [0.29, 0.717) is 25.7 Å². The molecule has 1 atom stereocenters. The molecule has 0 amide bonds. The van der Waals surface area contributed by atoms with Crippen LogP contribution in [0.4, 0.5) is 0 Å². The zero-order valence-electron chi connectivity index (χ0n) is 9.45. The summed E-state index contributed by atoms with van der Waals surface area (Å²) in [6.07, 6.45) is 9.70. The molecule has 2 nitrogen and oxygen atoms in total. The molecule has 0 aromatic carbocycles. The van der Waals surface area contributed by atoms with Gasteiger partial charge in [-0.15, -0.1) is 0 Å². The molecule has 0 N–H and O–H groups in total. The first-order chi connectivity index (χ1) is 7.14. The van der Waals surface area contributed by atoms with Gasteiger partial charge < -0.3 is 0 Å². The SMILES string of the molecule is CCC(=O)CC1(C(=O)CC)C=CC=CC1. The Labute approximate surface area is 91.1 Å². The molecule has 82 valence electrons. The molecule has 1 unspecified atom stereocenters. The van der Waals surface area contributed by atoms with Crippen LogP contribution in [0.25, 0.3) is 0 Å². The maximum absolute atomic E-state index is 11.9. The van der Waals surface area contributed by atoms with Gasteiger partial charge in [0.2, 0.25) is 0 Å². The fraction of sp³-hybridized carbons (Fsp3) is 0.538. The summed E-state index contributed by atoms with van der Waals surface area (Å²) in [5, 5.41) is 0. The minimum atomic E-state index is -0.545. The van der Waals surface area contributed by atoms with Crippen molar-refractivity contribution in [3.8, 4) is 0 Å². The summed E-state index contributed by atoms with van der Waals surface area (Å²) >= 11 is 0. The Morgan fingerprint density at radius 1 is 1.20 bits per heavy atom. The highest BCUT2D eigenvalue weighted by molar-refractivity contribution is 5.92. The number of rotatable bonds is 5. The van der Waals surface area contributed by atoms with Gasteiger partial charge in [0.15, 0.2) is 0 Å². The monoisotopic (exact) mass is 206 g/mol. The van der Waals surface area contributed by atoms with E-state index in [1.807, 2.05) is 38.2 Å². The molecule has 0 aromatic heterocycles. The van der Waals surface area contributed by atoms with Crippen LogP contribution in [-0.4, -0.2) is 11.6 Å². The number of hydrogen-bond donors (Lipinski definition) is 0. The molecule has 0 aliphatic heterocycles. The molecule has 0 fully saturated rings. The third-order valence-electron chi connectivity index (χ3n) is 2.93. The quantitative estimate of drug-likeness (QED) is 0.693. The van der Waals surface area contributed by atoms with E-state index in [1.54, 1.807) is 0 Å². The lowest BCUT2D eigenvalue weighted by atomic mass is 9.73. The third-order valence-corrected chi connectivity index (χ3v) is 2.93. The Hall–Kier alpha value is -1.18. The van der Waals surface area contributed by atoms with Gasteiger partial charge in [-0.25, -0.2) is 0 Å². The van der Waals surface area contributed by atoms with E-state index in [2.05, 4.69) is 0 Å². The fourth-order valence-corrected chi connectivity index (χ4v) is 1.93. The first kappa shape index (κ1) is 11.9. The summed E-state index contributed by atoms with van der Waals surface area (Å²) in [7, 11) is 0. The van der Waals surface area contributed by atoms with E-state index in [0.717, 1.165) is 0 Å². The van der Waals surface area contributed by atoms with E-state index in [9.17, 15) is 9.59 Å². The van der Waals surface area contributed by atoms with E-state index < -0.39 is 5.41 Å². The van der Waals surface area contributed by atoms with Crippen molar-refractivity contribution < 1.29 is 9.59 Å². The number of allylic oxidation sites excluding steroid dienone is 4. The minimum absolute atomic E-state index is 0.164. The zero-order valence-corrected chi connectivity index (χ0v) is 9.45. The maximum Gasteiger partial charge on any atom is 0.143 e. The van der Waals surface area contributed by atoms with Crippen LogP contribution in [0.1, 0.15) is 39.5 Å². The molecule has 0 spiro atoms. The van der Waals surface area contributed by atoms with Crippen LogP contribution in [0.15, 0.2) is 24.3 Å². The standard InChI is InChI=1S/C13H18O2/c1-3-11(14)10-13(12(15)4-2)8-6-5-7-9-13/h5-8H,3-4,9-10H2,1-2H3. The van der Waals surface area contributed by atoms with Crippen LogP contribution < -0.4 is 0 Å². The van der Waals surface area contributed by atoms with Crippen molar-refractivity contribution >= 4 is 11.6 Å². The predicted molar refractivity (Wildman–Crippen MR) is 60.5 cm³/mol. The van der Waals surface area contributed by atoms with Crippen molar-refractivity contribution in [3.63, 3.8) is 0 Å². The van der Waals surface area contributed by atoms with Crippen molar-refractivity contribution in [2.45, 2.75) is 39.5 Å². The third kappa shape index (κ3) is 2.65. The number of carbonyl (C=O) groups excluding carboxylic acids is 2. The Bertz CT molecular complexity index is 312. The van der Waals surface area contributed by atoms with Gasteiger partial charge in [0.25, 0.3) is 0 Å². The molecule has 2 heteroatoms. The van der Waals surface area contributed by atoms with Crippen molar-refractivity contribution in [1.82, 2.24) is 0 Å². The van der Waals surface area contributed by atoms with Gasteiger partial charge >= 0.3 is 0 Å². The normalized spacial score (nSPS) is 24.1. The highest BCUT2D eigenvalue weighted by Crippen LogP contribution is 2.34. The van der Waals surface area contributed by atoms with Crippen LogP contribution in [0.2, 0.25) is 0 Å². The Balaban J connectivity index is 2.87. The van der Waals surface area contributed by atoms with Crippen LogP contribution >= 0.6 is 0 Å². The molecule has 1 rings (SSSR count). The molecule has 0 bridgehead atoms. The van der Waals surface area contributed by atoms with Crippen LogP contribution in [0.3, 0.4) is 0 Å². The Morgan fingerprint density at radius 3 is 2.40 bits per heavy atom. The highest BCUT2D eigenvalue weighted by Gasteiger charge is 2.35. The summed E-state index contributed by atoms with van der Waals surface area (Å²) in [5.41, 5.74) is -0.545. The van der Waals surface area contributed by atoms with Crippen molar-refractivity contribution in [2.24, 2.45) is 5.41 Å². The van der Waals surface area contributed by atoms with Gasteiger partial charge in [-0.1, -0.05) is 38.2 Å². The highest BCUT2D eigenvalue weighted by atomic mass is 16.1. The summed E-state index contributed by atoms with van der Waals surface area (Å²) in [6.45, 7) is 3.70. The predicted octanol–water partition coefficient (Wildman–Crippen LogP) is 2.84. The maximum atomic E-state index is 11.9. The van der Waals surface area contributed by atoms with E-state index in [-0.39, 0.29) is 11.6 Å². The lowest BCUT2D eigenvalue weighted by molar-refractivity contribution is -0.131. The van der Waals surface area contributed by atoms with E-state index in [4.69, 9.17) is 0 Å². The molecule has 0 heterocycles. The number of ketones is 2. The minimum Gasteiger partial charge on any atom is -0.300 e. The lowest BCUT2D eigenvalue weighted by Crippen LogP contribution is -2.31. The number of Topliss-reactive ketones (excluding diaryl/α,β-unsaturated/α-hetero) is 2. The molecule has 1 aliphatic rings. The molecule has 1 aliphatic carbocycles. The second-order valence-corrected chi connectivity index (χ2v) is 3.99. The largest absolute Gasteiger partial charge is 0.300 e. The van der Waals surface area contributed by atoms with Crippen LogP contribution in [-0.2, 0) is 9.59 Å². The van der Waals surface area contributed by atoms with E-state index >= 15 is 0 Å². The Kier molecular flexibility index (Phi) is 4.01. The van der Waals surface area contributed by atoms with Crippen LogP contribution in [0, 0.1) is 5.41 Å². The van der Waals surface area contributed by atoms with Gasteiger partial charge in [-0.05, 0) is 6.42 Å². The van der Waals surface area contributed by atoms with Crippen molar-refractivity contribution in [3.05, 3.63) is 24.3 Å². The molecular formula is C13H18O2. The summed E-state index contributed by atoms with van der Waals surface area (Å²) in [6, 6.07) is 0. The van der Waals surface area contributed by atoms with Gasteiger partial charge in [0, 0.05) is 19.3 Å². The number of carbonyl (C=O) groups is 2. The van der Waals surface area contributed by atoms with Gasteiger partial charge in [-0.2, -0.15) is 0 Å². The average Bonchev–Trinajstić information content (AvgIpc) is 2.29. The van der Waals surface area contributed by atoms with E-state index in [1.165, 1.54) is 0 Å². The summed E-state index contributed by atoms with van der Waals surface area (Å²) in [5.74, 6) is 0.335. The smallest absolute Gasteiger partial charge is 0.143 e. The van der Waals surface area contributed by atoms with Gasteiger partial charge in [0.1, 0.15) is 11.6 Å². The molecule has 0 saturated carbocycles. The second-order valence-electron chi connectivity index (χ2n) is 3.99. The van der Waals surface area contributed by atoms with Gasteiger partial charge in [-0.3, -0.25) is 9.59 Å². The molecule has 0 radical (unpaired) electrons. The summed E-state index contributed by atoms with van der Waals surface area (Å²) in [4.78, 5) is 23.4. The first-order valence-electron chi connectivity index (χ1n) is 5.54. The topological polar surface area (TPSA) is 34.1 Å². The Morgan fingerprint density at radius 2 is 1.93 bits per heavy atom. The average molecular weight is 206 g/mol. The van der Waals surface area contributed by atoms with Gasteiger partial charge in [0.05, 0.1) is 5.41 Å². The fourth-order valence-electron chi connectivity index (χ4n) is 1.93. The van der Waals surface area contributed by atoms with Crippen molar-refractivity contribution in [2.75, 3.05) is 0 Å². The molecule has 15 heavy (non-hydrogen) atoms. The first-order valence-corrected chi connectivity index (χ1v) is 5.54. The molecule has 0 saturated heterocycles. The molecule has 0 aromatic rings. The molecular weight excluding hydrogens is 188 g/mol. The van der Waals surface area contributed by atoms with Crippen LogP contribution in [0.5, 0.6) is 0 Å². The second kappa shape index (κ2) is 5.06.